The van der Waals surface area contributed by atoms with Crippen molar-refractivity contribution in [3.8, 4) is 11.3 Å². The molecule has 4 heteroatoms. The molecule has 1 fully saturated rings. The molecule has 0 unspecified atom stereocenters. The molecule has 2 aromatic rings. The quantitative estimate of drug-likeness (QED) is 0.868. The fourth-order valence-electron chi connectivity index (χ4n) is 2.79. The van der Waals surface area contributed by atoms with Crippen LogP contribution in [0.15, 0.2) is 36.4 Å². The average molecular weight is 299 g/mol. The average Bonchev–Trinajstić information content (AvgIpc) is 2.51. The van der Waals surface area contributed by atoms with E-state index in [0.29, 0.717) is 6.54 Å². The minimum atomic E-state index is -0.139. The number of likely N-dealkylation sites (N-methyl/N-ethyl adjacent to an activating group) is 1. The molecule has 3 rings (SSSR count). The standard InChI is InChI=1S/C18H22FN3/c1-14-4-3-5-18(20-14)15-6-7-16(17(19)12-15)13-22-10-8-21(2)9-11-22/h3-7,12H,8-11,13H2,1-2H3. The van der Waals surface area contributed by atoms with Gasteiger partial charge in [-0.05, 0) is 32.2 Å². The van der Waals surface area contributed by atoms with Crippen LogP contribution in [0, 0.1) is 12.7 Å². The highest BCUT2D eigenvalue weighted by Crippen LogP contribution is 2.21. The molecular formula is C18H22FN3. The normalized spacial score (nSPS) is 16.9. The van der Waals surface area contributed by atoms with Crippen LogP contribution in [0.1, 0.15) is 11.3 Å². The molecule has 22 heavy (non-hydrogen) atoms. The van der Waals surface area contributed by atoms with E-state index in [0.717, 1.165) is 48.7 Å². The summed E-state index contributed by atoms with van der Waals surface area (Å²) in [5.41, 5.74) is 3.37. The fourth-order valence-corrected chi connectivity index (χ4v) is 2.79. The van der Waals surface area contributed by atoms with Gasteiger partial charge in [-0.1, -0.05) is 18.2 Å². The Morgan fingerprint density at radius 3 is 2.55 bits per heavy atom. The summed E-state index contributed by atoms with van der Waals surface area (Å²) in [6.45, 7) is 6.72. The van der Waals surface area contributed by atoms with Gasteiger partial charge in [0.15, 0.2) is 0 Å². The van der Waals surface area contributed by atoms with Crippen molar-refractivity contribution in [1.29, 1.82) is 0 Å². The van der Waals surface area contributed by atoms with Gasteiger partial charge >= 0.3 is 0 Å². The smallest absolute Gasteiger partial charge is 0.128 e. The highest BCUT2D eigenvalue weighted by atomic mass is 19.1. The molecule has 1 aliphatic heterocycles. The Balaban J connectivity index is 1.75. The van der Waals surface area contributed by atoms with Gasteiger partial charge in [-0.2, -0.15) is 0 Å². The Morgan fingerprint density at radius 2 is 1.86 bits per heavy atom. The summed E-state index contributed by atoms with van der Waals surface area (Å²) >= 11 is 0. The van der Waals surface area contributed by atoms with Crippen LogP contribution in [0.5, 0.6) is 0 Å². The SMILES string of the molecule is Cc1cccc(-c2ccc(CN3CCN(C)CC3)c(F)c2)n1. The summed E-state index contributed by atoms with van der Waals surface area (Å²) in [4.78, 5) is 9.07. The van der Waals surface area contributed by atoms with Crippen LogP contribution in [0.25, 0.3) is 11.3 Å². The third-order valence-electron chi connectivity index (χ3n) is 4.23. The zero-order valence-corrected chi connectivity index (χ0v) is 13.2. The van der Waals surface area contributed by atoms with Gasteiger partial charge in [-0.3, -0.25) is 9.88 Å². The lowest BCUT2D eigenvalue weighted by Gasteiger charge is -2.32. The molecule has 1 aliphatic rings. The topological polar surface area (TPSA) is 19.4 Å². The molecule has 3 nitrogen and oxygen atoms in total. The second kappa shape index (κ2) is 6.55. The summed E-state index contributed by atoms with van der Waals surface area (Å²) < 4.78 is 14.4. The van der Waals surface area contributed by atoms with Gasteiger partial charge in [0.05, 0.1) is 5.69 Å². The molecule has 1 saturated heterocycles. The van der Waals surface area contributed by atoms with Crippen molar-refractivity contribution in [1.82, 2.24) is 14.8 Å². The van der Waals surface area contributed by atoms with E-state index in [1.54, 1.807) is 6.07 Å². The summed E-state index contributed by atoms with van der Waals surface area (Å²) in [6, 6.07) is 11.3. The van der Waals surface area contributed by atoms with Gasteiger partial charge in [0.25, 0.3) is 0 Å². The first-order chi connectivity index (χ1) is 10.6. The third-order valence-corrected chi connectivity index (χ3v) is 4.23. The summed E-state index contributed by atoms with van der Waals surface area (Å²) in [6.07, 6.45) is 0. The van der Waals surface area contributed by atoms with Gasteiger partial charge in [0.2, 0.25) is 0 Å². The fraction of sp³-hybridized carbons (Fsp3) is 0.389. The van der Waals surface area contributed by atoms with Crippen molar-refractivity contribution in [2.24, 2.45) is 0 Å². The van der Waals surface area contributed by atoms with Crippen LogP contribution in [-0.4, -0.2) is 48.0 Å². The van der Waals surface area contributed by atoms with E-state index in [1.165, 1.54) is 0 Å². The van der Waals surface area contributed by atoms with Crippen LogP contribution in [0.2, 0.25) is 0 Å². The van der Waals surface area contributed by atoms with Crippen molar-refractivity contribution in [2.75, 3.05) is 33.2 Å². The number of pyridine rings is 1. The number of halogens is 1. The lowest BCUT2D eigenvalue weighted by molar-refractivity contribution is 0.147. The van der Waals surface area contributed by atoms with Gasteiger partial charge in [0.1, 0.15) is 5.82 Å². The first-order valence-corrected chi connectivity index (χ1v) is 7.75. The maximum atomic E-state index is 14.4. The maximum absolute atomic E-state index is 14.4. The third kappa shape index (κ3) is 3.51. The zero-order valence-electron chi connectivity index (χ0n) is 13.2. The largest absolute Gasteiger partial charge is 0.304 e. The predicted molar refractivity (Wildman–Crippen MR) is 87.1 cm³/mol. The van der Waals surface area contributed by atoms with E-state index in [4.69, 9.17) is 0 Å². The second-order valence-corrected chi connectivity index (χ2v) is 6.05. The Morgan fingerprint density at radius 1 is 1.09 bits per heavy atom. The molecule has 1 aromatic heterocycles. The van der Waals surface area contributed by atoms with Gasteiger partial charge in [-0.25, -0.2) is 4.39 Å². The zero-order chi connectivity index (χ0) is 15.5. The first-order valence-electron chi connectivity index (χ1n) is 7.75. The van der Waals surface area contributed by atoms with Crippen molar-refractivity contribution >= 4 is 0 Å². The Hall–Kier alpha value is -1.78. The van der Waals surface area contributed by atoms with Crippen molar-refractivity contribution in [3.63, 3.8) is 0 Å². The van der Waals surface area contributed by atoms with Crippen molar-refractivity contribution in [3.05, 3.63) is 53.5 Å². The van der Waals surface area contributed by atoms with E-state index in [9.17, 15) is 4.39 Å². The van der Waals surface area contributed by atoms with Gasteiger partial charge in [-0.15, -0.1) is 0 Å². The van der Waals surface area contributed by atoms with Crippen molar-refractivity contribution in [2.45, 2.75) is 13.5 Å². The van der Waals surface area contributed by atoms with Gasteiger partial charge in [0, 0.05) is 49.5 Å². The number of hydrogen-bond acceptors (Lipinski definition) is 3. The summed E-state index contributed by atoms with van der Waals surface area (Å²) in [5, 5.41) is 0. The van der Waals surface area contributed by atoms with Crippen LogP contribution in [0.4, 0.5) is 4.39 Å². The number of nitrogens with zero attached hydrogens (tertiary/aromatic N) is 3. The van der Waals surface area contributed by atoms with Crippen LogP contribution in [0.3, 0.4) is 0 Å². The predicted octanol–water partition coefficient (Wildman–Crippen LogP) is 2.94. The molecule has 0 bridgehead atoms. The summed E-state index contributed by atoms with van der Waals surface area (Å²) in [7, 11) is 2.13. The van der Waals surface area contributed by atoms with Crippen LogP contribution in [-0.2, 0) is 6.54 Å². The minimum absolute atomic E-state index is 0.139. The minimum Gasteiger partial charge on any atom is -0.304 e. The van der Waals surface area contributed by atoms with E-state index >= 15 is 0 Å². The Labute approximate surface area is 131 Å². The molecule has 0 amide bonds. The molecule has 0 aliphatic carbocycles. The van der Waals surface area contributed by atoms with Gasteiger partial charge < -0.3 is 4.90 Å². The molecule has 0 saturated carbocycles. The number of rotatable bonds is 3. The first kappa shape index (κ1) is 15.1. The van der Waals surface area contributed by atoms with E-state index in [1.807, 2.05) is 37.3 Å². The van der Waals surface area contributed by atoms with Crippen LogP contribution >= 0.6 is 0 Å². The number of aryl methyl sites for hydroxylation is 1. The molecule has 116 valence electrons. The molecule has 1 aromatic carbocycles. The monoisotopic (exact) mass is 299 g/mol. The molecule has 0 spiro atoms. The number of piperazine rings is 1. The maximum Gasteiger partial charge on any atom is 0.128 e. The van der Waals surface area contributed by atoms with E-state index in [2.05, 4.69) is 21.8 Å². The van der Waals surface area contributed by atoms with Crippen LogP contribution < -0.4 is 0 Å². The summed E-state index contributed by atoms with van der Waals surface area (Å²) in [5.74, 6) is -0.139. The Bertz CT molecular complexity index is 649. The van der Waals surface area contributed by atoms with E-state index < -0.39 is 0 Å². The van der Waals surface area contributed by atoms with Crippen molar-refractivity contribution < 1.29 is 4.39 Å². The molecular weight excluding hydrogens is 277 g/mol. The number of aromatic nitrogens is 1. The van der Waals surface area contributed by atoms with E-state index in [-0.39, 0.29) is 5.82 Å². The number of hydrogen-bond donors (Lipinski definition) is 0. The molecule has 0 atom stereocenters. The lowest BCUT2D eigenvalue weighted by Crippen LogP contribution is -2.44. The number of benzene rings is 1. The Kier molecular flexibility index (Phi) is 4.50. The highest BCUT2D eigenvalue weighted by Gasteiger charge is 2.16. The lowest BCUT2D eigenvalue weighted by atomic mass is 10.1. The highest BCUT2D eigenvalue weighted by molar-refractivity contribution is 5.59. The second-order valence-electron chi connectivity index (χ2n) is 6.05. The molecule has 2 heterocycles. The molecule has 0 N–H and O–H groups in total. The molecule has 0 radical (unpaired) electrons.